The van der Waals surface area contributed by atoms with Crippen molar-refractivity contribution >= 4 is 10.9 Å². The van der Waals surface area contributed by atoms with Crippen LogP contribution in [0.2, 0.25) is 0 Å². The standard InChI is InChI=1S/C37H23F4S/c38-26-9-5-24(6-10-26)37(25-7-11-27(39)12-8-25)35-4-2-1-3-33(35)34-22-21-32(23-36(34)37)42(30-17-13-28(40)14-18-30)31-19-15-29(41)16-20-31/h1-23H/q+1. The molecule has 1 aliphatic rings. The summed E-state index contributed by atoms with van der Waals surface area (Å²) >= 11 is 0. The first kappa shape index (κ1) is 26.3. The minimum Gasteiger partial charge on any atom is -0.207 e. The third-order valence-electron chi connectivity index (χ3n) is 7.91. The molecule has 0 spiro atoms. The Kier molecular flexibility index (Phi) is 6.47. The minimum atomic E-state index is -0.857. The SMILES string of the molecule is Fc1ccc([S+](c2ccc(F)cc2)c2ccc3c(c2)C(c2ccc(F)cc2)(c2ccc(F)cc2)c2ccccc2-3)cc1. The highest BCUT2D eigenvalue weighted by molar-refractivity contribution is 7.97. The van der Waals surface area contributed by atoms with Gasteiger partial charge in [0, 0.05) is 0 Å². The fourth-order valence-corrected chi connectivity index (χ4v) is 8.20. The average Bonchev–Trinajstić information content (AvgIpc) is 3.30. The van der Waals surface area contributed by atoms with Gasteiger partial charge >= 0.3 is 0 Å². The molecule has 0 bridgehead atoms. The van der Waals surface area contributed by atoms with Crippen LogP contribution >= 0.6 is 0 Å². The van der Waals surface area contributed by atoms with Crippen LogP contribution in [0.25, 0.3) is 11.1 Å². The molecule has 1 aliphatic carbocycles. The quantitative estimate of drug-likeness (QED) is 0.142. The van der Waals surface area contributed by atoms with Gasteiger partial charge < -0.3 is 0 Å². The van der Waals surface area contributed by atoms with Crippen molar-refractivity contribution < 1.29 is 17.6 Å². The van der Waals surface area contributed by atoms with Crippen molar-refractivity contribution in [3.05, 3.63) is 185 Å². The zero-order valence-electron chi connectivity index (χ0n) is 22.2. The van der Waals surface area contributed by atoms with Crippen molar-refractivity contribution in [1.29, 1.82) is 0 Å². The lowest BCUT2D eigenvalue weighted by molar-refractivity contribution is 0.622. The molecule has 0 unspecified atom stereocenters. The smallest absolute Gasteiger partial charge is 0.166 e. The Hall–Kier alpha value is -4.61. The predicted octanol–water partition coefficient (Wildman–Crippen LogP) is 9.70. The van der Waals surface area contributed by atoms with Gasteiger partial charge in [-0.25, -0.2) is 17.6 Å². The molecule has 0 saturated heterocycles. The van der Waals surface area contributed by atoms with Gasteiger partial charge in [0.15, 0.2) is 14.7 Å². The van der Waals surface area contributed by atoms with E-state index in [9.17, 15) is 17.6 Å². The molecule has 7 rings (SSSR count). The van der Waals surface area contributed by atoms with Gasteiger partial charge in [0.2, 0.25) is 0 Å². The van der Waals surface area contributed by atoms with Crippen LogP contribution in [0.1, 0.15) is 22.3 Å². The third-order valence-corrected chi connectivity index (χ3v) is 10.1. The normalized spacial score (nSPS) is 13.2. The van der Waals surface area contributed by atoms with Crippen LogP contribution in [-0.4, -0.2) is 0 Å². The molecule has 6 aromatic carbocycles. The summed E-state index contributed by atoms with van der Waals surface area (Å²) < 4.78 is 56.4. The predicted molar refractivity (Wildman–Crippen MR) is 159 cm³/mol. The van der Waals surface area contributed by atoms with Crippen molar-refractivity contribution in [2.75, 3.05) is 0 Å². The monoisotopic (exact) mass is 575 g/mol. The Balaban J connectivity index is 1.54. The summed E-state index contributed by atoms with van der Waals surface area (Å²) in [7, 11) is -0.696. The van der Waals surface area contributed by atoms with E-state index in [0.717, 1.165) is 48.1 Å². The lowest BCUT2D eigenvalue weighted by Crippen LogP contribution is -2.29. The van der Waals surface area contributed by atoms with Gasteiger partial charge in [-0.2, -0.15) is 0 Å². The average molecular weight is 576 g/mol. The van der Waals surface area contributed by atoms with Crippen LogP contribution in [0.15, 0.2) is 154 Å². The second kappa shape index (κ2) is 10.3. The fourth-order valence-electron chi connectivity index (χ4n) is 6.12. The Morgan fingerprint density at radius 2 is 0.786 bits per heavy atom. The number of halogens is 4. The van der Waals surface area contributed by atoms with Crippen molar-refractivity contribution in [3.63, 3.8) is 0 Å². The summed E-state index contributed by atoms with van der Waals surface area (Å²) in [6, 6.07) is 40.2. The van der Waals surface area contributed by atoms with E-state index in [4.69, 9.17) is 0 Å². The van der Waals surface area contributed by atoms with Crippen LogP contribution in [0.3, 0.4) is 0 Å². The first-order chi connectivity index (χ1) is 20.4. The van der Waals surface area contributed by atoms with Crippen molar-refractivity contribution in [3.8, 4) is 11.1 Å². The molecule has 0 N–H and O–H groups in total. The highest BCUT2D eigenvalue weighted by atomic mass is 32.2. The summed E-state index contributed by atoms with van der Waals surface area (Å²) in [6.07, 6.45) is 0. The molecule has 0 heterocycles. The van der Waals surface area contributed by atoms with Gasteiger partial charge in [-0.15, -0.1) is 0 Å². The molecule has 5 heteroatoms. The molecule has 0 amide bonds. The van der Waals surface area contributed by atoms with E-state index in [2.05, 4.69) is 30.3 Å². The number of benzene rings is 6. The van der Waals surface area contributed by atoms with E-state index in [1.54, 1.807) is 48.5 Å². The first-order valence-electron chi connectivity index (χ1n) is 13.5. The van der Waals surface area contributed by atoms with E-state index >= 15 is 0 Å². The Morgan fingerprint density at radius 1 is 0.381 bits per heavy atom. The van der Waals surface area contributed by atoms with E-state index in [1.165, 1.54) is 48.5 Å². The van der Waals surface area contributed by atoms with E-state index in [1.807, 2.05) is 12.1 Å². The van der Waals surface area contributed by atoms with Crippen LogP contribution < -0.4 is 0 Å². The van der Waals surface area contributed by atoms with Crippen LogP contribution in [0.4, 0.5) is 17.6 Å². The van der Waals surface area contributed by atoms with Gasteiger partial charge in [0.1, 0.15) is 23.3 Å². The first-order valence-corrected chi connectivity index (χ1v) is 14.7. The maximum Gasteiger partial charge on any atom is 0.166 e. The minimum absolute atomic E-state index is 0.336. The van der Waals surface area contributed by atoms with E-state index < -0.39 is 16.3 Å². The third kappa shape index (κ3) is 4.24. The van der Waals surface area contributed by atoms with E-state index in [0.29, 0.717) is 0 Å². The lowest BCUT2D eigenvalue weighted by atomic mass is 9.68. The summed E-state index contributed by atoms with van der Waals surface area (Å²) in [6.45, 7) is 0. The molecular weight excluding hydrogens is 552 g/mol. The highest BCUT2D eigenvalue weighted by Gasteiger charge is 2.47. The number of hydrogen-bond acceptors (Lipinski definition) is 0. The van der Waals surface area contributed by atoms with Crippen molar-refractivity contribution in [2.24, 2.45) is 0 Å². The molecule has 42 heavy (non-hydrogen) atoms. The molecule has 0 radical (unpaired) electrons. The molecule has 6 aromatic rings. The number of hydrogen-bond donors (Lipinski definition) is 0. The molecule has 0 atom stereocenters. The van der Waals surface area contributed by atoms with Gasteiger partial charge in [-0.05, 0) is 124 Å². The number of fused-ring (bicyclic) bond motifs is 3. The van der Waals surface area contributed by atoms with Crippen LogP contribution in [-0.2, 0) is 16.3 Å². The van der Waals surface area contributed by atoms with Gasteiger partial charge in [0.25, 0.3) is 0 Å². The van der Waals surface area contributed by atoms with E-state index in [-0.39, 0.29) is 23.3 Å². The lowest BCUT2D eigenvalue weighted by Gasteiger charge is -2.34. The summed E-state index contributed by atoms with van der Waals surface area (Å²) in [4.78, 5) is 2.72. The maximum absolute atomic E-state index is 14.2. The van der Waals surface area contributed by atoms with Gasteiger partial charge in [-0.1, -0.05) is 48.5 Å². The Labute approximate surface area is 244 Å². The Bertz CT molecular complexity index is 1800. The van der Waals surface area contributed by atoms with Crippen LogP contribution in [0.5, 0.6) is 0 Å². The zero-order valence-corrected chi connectivity index (χ0v) is 23.0. The molecule has 0 fully saturated rings. The zero-order chi connectivity index (χ0) is 28.8. The fraction of sp³-hybridized carbons (Fsp3) is 0.0270. The molecule has 204 valence electrons. The summed E-state index contributed by atoms with van der Waals surface area (Å²) in [5, 5.41) is 0. The highest BCUT2D eigenvalue weighted by Crippen LogP contribution is 2.56. The van der Waals surface area contributed by atoms with Gasteiger partial charge in [-0.3, -0.25) is 0 Å². The molecule has 0 aliphatic heterocycles. The van der Waals surface area contributed by atoms with Crippen LogP contribution in [0, 0.1) is 23.3 Å². The largest absolute Gasteiger partial charge is 0.207 e. The topological polar surface area (TPSA) is 0 Å². The molecule has 0 nitrogen and oxygen atoms in total. The molecular formula is C37H23F4S+. The summed E-state index contributed by atoms with van der Waals surface area (Å²) in [5.41, 5.74) is 4.88. The second-order valence-electron chi connectivity index (χ2n) is 10.2. The van der Waals surface area contributed by atoms with Crippen molar-refractivity contribution in [2.45, 2.75) is 20.1 Å². The maximum atomic E-state index is 14.2. The molecule has 0 saturated carbocycles. The van der Waals surface area contributed by atoms with Gasteiger partial charge in [0.05, 0.1) is 16.3 Å². The second-order valence-corrected chi connectivity index (χ2v) is 12.3. The van der Waals surface area contributed by atoms with Crippen molar-refractivity contribution in [1.82, 2.24) is 0 Å². The Morgan fingerprint density at radius 3 is 1.29 bits per heavy atom. The summed E-state index contributed by atoms with van der Waals surface area (Å²) in [5.74, 6) is -1.36. The molecule has 0 aromatic heterocycles. The number of rotatable bonds is 5.